The molecule has 3 nitrogen and oxygen atoms in total. The lowest BCUT2D eigenvalue weighted by molar-refractivity contribution is -0.167. The zero-order valence-electron chi connectivity index (χ0n) is 12.3. The monoisotopic (exact) mass is 294 g/mol. The van der Waals surface area contributed by atoms with Crippen molar-refractivity contribution in [2.75, 3.05) is 6.61 Å². The third kappa shape index (κ3) is 1.45. The maximum Gasteiger partial charge on any atom is 0.131 e. The van der Waals surface area contributed by atoms with Gasteiger partial charge in [-0.05, 0) is 58.9 Å². The van der Waals surface area contributed by atoms with Gasteiger partial charge < -0.3 is 14.9 Å². The van der Waals surface area contributed by atoms with Crippen LogP contribution < -0.4 is 4.74 Å². The van der Waals surface area contributed by atoms with Gasteiger partial charge in [-0.3, -0.25) is 0 Å². The van der Waals surface area contributed by atoms with Crippen molar-refractivity contribution < 1.29 is 14.9 Å². The van der Waals surface area contributed by atoms with E-state index in [1.165, 1.54) is 16.7 Å². The van der Waals surface area contributed by atoms with E-state index in [9.17, 15) is 10.2 Å². The Balaban J connectivity index is 1.53. The van der Waals surface area contributed by atoms with E-state index in [4.69, 9.17) is 4.74 Å². The molecule has 3 saturated carbocycles. The van der Waals surface area contributed by atoms with Gasteiger partial charge in [-0.15, -0.1) is 0 Å². The molecule has 3 aliphatic carbocycles. The third-order valence-corrected chi connectivity index (χ3v) is 5.83. The average molecular weight is 294 g/mol. The van der Waals surface area contributed by atoms with Crippen LogP contribution in [0.4, 0.5) is 0 Å². The van der Waals surface area contributed by atoms with Crippen LogP contribution in [-0.4, -0.2) is 16.8 Å². The molecule has 0 amide bonds. The van der Waals surface area contributed by atoms with Crippen molar-refractivity contribution in [2.24, 2.45) is 5.41 Å². The third-order valence-electron chi connectivity index (χ3n) is 5.83. The summed E-state index contributed by atoms with van der Waals surface area (Å²) < 4.78 is 5.80. The molecule has 112 valence electrons. The number of phenols is 1. The summed E-state index contributed by atoms with van der Waals surface area (Å²) in [6, 6.07) is 12.0. The molecule has 3 heteroatoms. The number of benzene rings is 2. The number of aliphatic hydroxyl groups excluding tert-OH is 1. The fourth-order valence-corrected chi connectivity index (χ4v) is 4.79. The molecule has 6 rings (SSSR count). The van der Waals surface area contributed by atoms with Gasteiger partial charge in [0.15, 0.2) is 0 Å². The maximum absolute atomic E-state index is 9.58. The summed E-state index contributed by atoms with van der Waals surface area (Å²) in [6.07, 6.45) is 3.38. The zero-order valence-corrected chi connectivity index (χ0v) is 12.3. The summed E-state index contributed by atoms with van der Waals surface area (Å²) in [7, 11) is 0. The second-order valence-electron chi connectivity index (χ2n) is 7.31. The van der Waals surface area contributed by atoms with Crippen LogP contribution in [0.15, 0.2) is 36.4 Å². The molecule has 1 aliphatic heterocycles. The van der Waals surface area contributed by atoms with E-state index in [1.807, 2.05) is 6.07 Å². The van der Waals surface area contributed by atoms with Crippen molar-refractivity contribution >= 4 is 0 Å². The second kappa shape index (κ2) is 3.85. The summed E-state index contributed by atoms with van der Waals surface area (Å²) in [6.45, 7) is 0.889. The molecule has 0 saturated heterocycles. The van der Waals surface area contributed by atoms with Crippen LogP contribution in [0, 0.1) is 5.41 Å². The highest BCUT2D eigenvalue weighted by molar-refractivity contribution is 5.76. The van der Waals surface area contributed by atoms with E-state index in [0.29, 0.717) is 18.6 Å². The SMILES string of the molecule is OCC12CC(c3ccc4c(c3)COc3cc(O)ccc3-4)(C1)C2. The van der Waals surface area contributed by atoms with Crippen molar-refractivity contribution in [2.45, 2.75) is 31.3 Å². The van der Waals surface area contributed by atoms with Crippen LogP contribution in [0.25, 0.3) is 11.1 Å². The Morgan fingerprint density at radius 1 is 1.00 bits per heavy atom. The molecular formula is C19H18O3. The van der Waals surface area contributed by atoms with Crippen LogP contribution in [0.3, 0.4) is 0 Å². The molecule has 2 aromatic carbocycles. The number of ether oxygens (including phenoxy) is 1. The van der Waals surface area contributed by atoms with Crippen molar-refractivity contribution in [3.05, 3.63) is 47.5 Å². The van der Waals surface area contributed by atoms with Crippen LogP contribution in [0.1, 0.15) is 30.4 Å². The van der Waals surface area contributed by atoms with Gasteiger partial charge in [0.2, 0.25) is 0 Å². The Morgan fingerprint density at radius 2 is 1.77 bits per heavy atom. The van der Waals surface area contributed by atoms with E-state index >= 15 is 0 Å². The maximum atomic E-state index is 9.58. The van der Waals surface area contributed by atoms with Gasteiger partial charge in [0.05, 0.1) is 0 Å². The topological polar surface area (TPSA) is 49.7 Å². The number of hydrogen-bond acceptors (Lipinski definition) is 3. The minimum atomic E-state index is 0.233. The normalized spacial score (nSPS) is 30.4. The van der Waals surface area contributed by atoms with E-state index in [-0.39, 0.29) is 11.2 Å². The Bertz CT molecular complexity index is 773. The predicted molar refractivity (Wildman–Crippen MR) is 82.9 cm³/mol. The summed E-state index contributed by atoms with van der Waals surface area (Å²) >= 11 is 0. The first-order valence-electron chi connectivity index (χ1n) is 7.84. The Labute approximate surface area is 129 Å². The van der Waals surface area contributed by atoms with Gasteiger partial charge in [0.1, 0.15) is 18.1 Å². The minimum absolute atomic E-state index is 0.233. The number of fused-ring (bicyclic) bond motifs is 3. The lowest BCUT2D eigenvalue weighted by Crippen LogP contribution is -2.66. The smallest absolute Gasteiger partial charge is 0.131 e. The van der Waals surface area contributed by atoms with Crippen molar-refractivity contribution in [1.29, 1.82) is 0 Å². The first kappa shape index (κ1) is 12.5. The molecule has 22 heavy (non-hydrogen) atoms. The molecule has 0 unspecified atom stereocenters. The lowest BCUT2D eigenvalue weighted by atomic mass is 9.34. The largest absolute Gasteiger partial charge is 0.508 e. The molecule has 0 aromatic heterocycles. The Kier molecular flexibility index (Phi) is 2.19. The highest BCUT2D eigenvalue weighted by Crippen LogP contribution is 2.73. The summed E-state index contributed by atoms with van der Waals surface area (Å²) in [5, 5.41) is 19.0. The van der Waals surface area contributed by atoms with Gasteiger partial charge in [-0.2, -0.15) is 0 Å². The van der Waals surface area contributed by atoms with Crippen LogP contribution in [-0.2, 0) is 12.0 Å². The molecule has 2 N–H and O–H groups in total. The number of aliphatic hydroxyl groups is 1. The molecule has 3 fully saturated rings. The number of rotatable bonds is 2. The summed E-state index contributed by atoms with van der Waals surface area (Å²) in [4.78, 5) is 0. The zero-order chi connectivity index (χ0) is 14.9. The second-order valence-corrected chi connectivity index (χ2v) is 7.31. The van der Waals surface area contributed by atoms with Crippen LogP contribution in [0.5, 0.6) is 11.5 Å². The molecule has 1 heterocycles. The van der Waals surface area contributed by atoms with Crippen LogP contribution in [0.2, 0.25) is 0 Å². The standard InChI is InChI=1S/C19H18O3/c20-11-18-8-19(9-18,10-18)13-1-3-15-12(5-13)7-22-17-6-14(21)2-4-16(15)17/h1-6,20-21H,7-11H2. The van der Waals surface area contributed by atoms with E-state index in [2.05, 4.69) is 18.2 Å². The summed E-state index contributed by atoms with van der Waals surface area (Å²) in [5.41, 5.74) is 5.41. The van der Waals surface area contributed by atoms with E-state index in [1.54, 1.807) is 12.1 Å². The molecule has 4 aliphatic rings. The fourth-order valence-electron chi connectivity index (χ4n) is 4.79. The highest BCUT2D eigenvalue weighted by atomic mass is 16.5. The van der Waals surface area contributed by atoms with Gasteiger partial charge in [-0.1, -0.05) is 18.2 Å². The molecular weight excluding hydrogens is 276 g/mol. The molecule has 0 atom stereocenters. The van der Waals surface area contributed by atoms with Gasteiger partial charge in [-0.25, -0.2) is 0 Å². The number of aromatic hydroxyl groups is 1. The van der Waals surface area contributed by atoms with Crippen molar-refractivity contribution in [3.8, 4) is 22.6 Å². The first-order valence-corrected chi connectivity index (χ1v) is 7.84. The molecule has 2 bridgehead atoms. The number of phenolic OH excluding ortho intramolecular Hbond substituents is 1. The minimum Gasteiger partial charge on any atom is -0.508 e. The van der Waals surface area contributed by atoms with Gasteiger partial charge in [0.25, 0.3) is 0 Å². The summed E-state index contributed by atoms with van der Waals surface area (Å²) in [5.74, 6) is 0.993. The average Bonchev–Trinajstić information content (AvgIpc) is 2.44. The molecule has 2 aromatic rings. The first-order chi connectivity index (χ1) is 10.6. The molecule has 0 spiro atoms. The van der Waals surface area contributed by atoms with E-state index < -0.39 is 0 Å². The van der Waals surface area contributed by atoms with E-state index in [0.717, 1.165) is 30.6 Å². The van der Waals surface area contributed by atoms with Gasteiger partial charge >= 0.3 is 0 Å². The predicted octanol–water partition coefficient (Wildman–Crippen LogP) is 3.37. The van der Waals surface area contributed by atoms with Gasteiger partial charge in [0, 0.05) is 18.2 Å². The quantitative estimate of drug-likeness (QED) is 0.893. The highest BCUT2D eigenvalue weighted by Gasteiger charge is 2.67. The fraction of sp³-hybridized carbons (Fsp3) is 0.368. The molecule has 0 radical (unpaired) electrons. The Morgan fingerprint density at radius 3 is 2.55 bits per heavy atom. The van der Waals surface area contributed by atoms with Crippen molar-refractivity contribution in [1.82, 2.24) is 0 Å². The number of hydrogen-bond donors (Lipinski definition) is 2. The lowest BCUT2D eigenvalue weighted by Gasteiger charge is -2.70. The van der Waals surface area contributed by atoms with Crippen molar-refractivity contribution in [3.63, 3.8) is 0 Å². The van der Waals surface area contributed by atoms with Crippen LogP contribution >= 0.6 is 0 Å². The Hall–Kier alpha value is -2.00.